The lowest BCUT2D eigenvalue weighted by Gasteiger charge is -1.99. The highest BCUT2D eigenvalue weighted by atomic mass is 127. The van der Waals surface area contributed by atoms with E-state index in [1.54, 1.807) is 0 Å². The van der Waals surface area contributed by atoms with Gasteiger partial charge in [-0.05, 0) is 63.6 Å². The Kier molecular flexibility index (Phi) is 3.60. The van der Waals surface area contributed by atoms with Gasteiger partial charge in [-0.1, -0.05) is 5.16 Å². The second kappa shape index (κ2) is 4.80. The van der Waals surface area contributed by atoms with E-state index in [2.05, 4.69) is 48.7 Å². The quantitative estimate of drug-likeness (QED) is 0.796. The standard InChI is InChI=1S/C10H9BrIN3O/c1-5(13)9-14-10(16-15-9)7-4-6(12)2-3-8(7)11/h2-5H,13H2,1H3. The summed E-state index contributed by atoms with van der Waals surface area (Å²) in [4.78, 5) is 4.25. The van der Waals surface area contributed by atoms with Gasteiger partial charge in [0.1, 0.15) is 0 Å². The van der Waals surface area contributed by atoms with Crippen LogP contribution in [0.3, 0.4) is 0 Å². The largest absolute Gasteiger partial charge is 0.334 e. The fourth-order valence-corrected chi connectivity index (χ4v) is 2.10. The molecule has 0 aliphatic rings. The van der Waals surface area contributed by atoms with Gasteiger partial charge in [0.15, 0.2) is 5.82 Å². The summed E-state index contributed by atoms with van der Waals surface area (Å²) in [7, 11) is 0. The zero-order chi connectivity index (χ0) is 11.7. The van der Waals surface area contributed by atoms with Crippen LogP contribution >= 0.6 is 38.5 Å². The lowest BCUT2D eigenvalue weighted by Crippen LogP contribution is -2.06. The summed E-state index contributed by atoms with van der Waals surface area (Å²) in [5.74, 6) is 0.999. The molecule has 1 aromatic carbocycles. The topological polar surface area (TPSA) is 64.9 Å². The maximum Gasteiger partial charge on any atom is 0.259 e. The summed E-state index contributed by atoms with van der Waals surface area (Å²) < 4.78 is 7.20. The third-order valence-corrected chi connectivity index (χ3v) is 3.37. The molecule has 1 atom stereocenters. The number of nitrogens with zero attached hydrogens (tertiary/aromatic N) is 2. The molecule has 0 bridgehead atoms. The molecule has 0 saturated carbocycles. The monoisotopic (exact) mass is 393 g/mol. The maximum atomic E-state index is 5.67. The third-order valence-electron chi connectivity index (χ3n) is 2.01. The third kappa shape index (κ3) is 2.44. The molecule has 2 rings (SSSR count). The average molecular weight is 394 g/mol. The van der Waals surface area contributed by atoms with E-state index in [1.807, 2.05) is 25.1 Å². The van der Waals surface area contributed by atoms with Crippen LogP contribution in [-0.2, 0) is 0 Å². The predicted molar refractivity (Wildman–Crippen MR) is 72.8 cm³/mol. The molecule has 0 aliphatic carbocycles. The first-order valence-electron chi connectivity index (χ1n) is 4.62. The Balaban J connectivity index is 2.46. The van der Waals surface area contributed by atoms with E-state index < -0.39 is 0 Å². The second-order valence-electron chi connectivity index (χ2n) is 3.37. The fraction of sp³-hybridized carbons (Fsp3) is 0.200. The number of halogens is 2. The lowest BCUT2D eigenvalue weighted by molar-refractivity contribution is 0.418. The van der Waals surface area contributed by atoms with Gasteiger partial charge >= 0.3 is 0 Å². The number of nitrogens with two attached hydrogens (primary N) is 1. The van der Waals surface area contributed by atoms with Crippen molar-refractivity contribution < 1.29 is 4.52 Å². The van der Waals surface area contributed by atoms with Crippen LogP contribution in [0.25, 0.3) is 11.5 Å². The number of benzene rings is 1. The molecular formula is C10H9BrIN3O. The normalized spacial score (nSPS) is 12.8. The van der Waals surface area contributed by atoms with Crippen LogP contribution in [0.2, 0.25) is 0 Å². The van der Waals surface area contributed by atoms with E-state index in [9.17, 15) is 0 Å². The van der Waals surface area contributed by atoms with Crippen LogP contribution in [0.1, 0.15) is 18.8 Å². The first-order valence-corrected chi connectivity index (χ1v) is 6.49. The predicted octanol–water partition coefficient (Wildman–Crippen LogP) is 3.12. The van der Waals surface area contributed by atoms with Crippen molar-refractivity contribution in [2.75, 3.05) is 0 Å². The Labute approximate surface area is 115 Å². The molecule has 0 radical (unpaired) electrons. The van der Waals surface area contributed by atoms with Crippen molar-refractivity contribution >= 4 is 38.5 Å². The molecule has 2 N–H and O–H groups in total. The molecular weight excluding hydrogens is 385 g/mol. The van der Waals surface area contributed by atoms with Gasteiger partial charge in [0.05, 0.1) is 11.6 Å². The number of aromatic nitrogens is 2. The van der Waals surface area contributed by atoms with Crippen molar-refractivity contribution in [2.24, 2.45) is 5.73 Å². The molecule has 0 saturated heterocycles. The van der Waals surface area contributed by atoms with Crippen LogP contribution in [-0.4, -0.2) is 10.1 Å². The van der Waals surface area contributed by atoms with Crippen molar-refractivity contribution in [2.45, 2.75) is 13.0 Å². The van der Waals surface area contributed by atoms with Gasteiger partial charge < -0.3 is 10.3 Å². The van der Waals surface area contributed by atoms with E-state index in [4.69, 9.17) is 10.3 Å². The van der Waals surface area contributed by atoms with Gasteiger partial charge in [-0.3, -0.25) is 0 Å². The minimum absolute atomic E-state index is 0.223. The summed E-state index contributed by atoms with van der Waals surface area (Å²) in [6, 6.07) is 5.70. The van der Waals surface area contributed by atoms with Gasteiger partial charge in [-0.2, -0.15) is 4.98 Å². The Bertz CT molecular complexity index is 513. The molecule has 2 aromatic rings. The van der Waals surface area contributed by atoms with Crippen LogP contribution < -0.4 is 5.73 Å². The van der Waals surface area contributed by atoms with E-state index in [-0.39, 0.29) is 6.04 Å². The van der Waals surface area contributed by atoms with Crippen molar-refractivity contribution in [1.29, 1.82) is 0 Å². The smallest absolute Gasteiger partial charge is 0.259 e. The van der Waals surface area contributed by atoms with E-state index in [0.29, 0.717) is 11.7 Å². The molecule has 1 heterocycles. The zero-order valence-electron chi connectivity index (χ0n) is 8.45. The van der Waals surface area contributed by atoms with Gasteiger partial charge in [0.2, 0.25) is 0 Å². The summed E-state index contributed by atoms with van der Waals surface area (Å²) in [6.45, 7) is 1.82. The molecule has 0 amide bonds. The molecule has 6 heteroatoms. The van der Waals surface area contributed by atoms with E-state index in [0.717, 1.165) is 13.6 Å². The Morgan fingerprint density at radius 1 is 1.50 bits per heavy atom. The van der Waals surface area contributed by atoms with E-state index >= 15 is 0 Å². The lowest BCUT2D eigenvalue weighted by atomic mass is 10.2. The minimum atomic E-state index is -0.223. The first kappa shape index (κ1) is 12.0. The fourth-order valence-electron chi connectivity index (χ4n) is 1.19. The van der Waals surface area contributed by atoms with Gasteiger partial charge in [-0.15, -0.1) is 0 Å². The SMILES string of the molecule is CC(N)c1noc(-c2cc(I)ccc2Br)n1. The second-order valence-corrected chi connectivity index (χ2v) is 5.47. The summed E-state index contributed by atoms with van der Waals surface area (Å²) in [5, 5.41) is 3.83. The first-order chi connectivity index (χ1) is 7.58. The molecule has 0 spiro atoms. The highest BCUT2D eigenvalue weighted by molar-refractivity contribution is 14.1. The maximum absolute atomic E-state index is 5.67. The number of hydrogen-bond acceptors (Lipinski definition) is 4. The van der Waals surface area contributed by atoms with Crippen molar-refractivity contribution in [3.8, 4) is 11.5 Å². The molecule has 0 fully saturated rings. The van der Waals surface area contributed by atoms with E-state index in [1.165, 1.54) is 0 Å². The summed E-state index contributed by atoms with van der Waals surface area (Å²) in [5.41, 5.74) is 6.56. The van der Waals surface area contributed by atoms with Crippen LogP contribution in [0.15, 0.2) is 27.2 Å². The Morgan fingerprint density at radius 2 is 2.25 bits per heavy atom. The minimum Gasteiger partial charge on any atom is -0.334 e. The molecule has 84 valence electrons. The Hall–Kier alpha value is -0.470. The average Bonchev–Trinajstić information content (AvgIpc) is 2.70. The number of rotatable bonds is 2. The Morgan fingerprint density at radius 3 is 2.88 bits per heavy atom. The van der Waals surface area contributed by atoms with Crippen molar-refractivity contribution in [1.82, 2.24) is 10.1 Å². The molecule has 1 unspecified atom stereocenters. The summed E-state index contributed by atoms with van der Waals surface area (Å²) >= 11 is 5.68. The van der Waals surface area contributed by atoms with Crippen LogP contribution in [0, 0.1) is 3.57 Å². The van der Waals surface area contributed by atoms with Crippen molar-refractivity contribution in [3.05, 3.63) is 32.1 Å². The summed E-state index contributed by atoms with van der Waals surface area (Å²) in [6.07, 6.45) is 0. The highest BCUT2D eigenvalue weighted by Crippen LogP contribution is 2.28. The van der Waals surface area contributed by atoms with Crippen LogP contribution in [0.4, 0.5) is 0 Å². The van der Waals surface area contributed by atoms with Gasteiger partial charge in [-0.25, -0.2) is 0 Å². The van der Waals surface area contributed by atoms with Crippen molar-refractivity contribution in [3.63, 3.8) is 0 Å². The molecule has 1 aromatic heterocycles. The van der Waals surface area contributed by atoms with Gasteiger partial charge in [0.25, 0.3) is 5.89 Å². The highest BCUT2D eigenvalue weighted by Gasteiger charge is 2.14. The molecule has 16 heavy (non-hydrogen) atoms. The van der Waals surface area contributed by atoms with Crippen LogP contribution in [0.5, 0.6) is 0 Å². The number of hydrogen-bond donors (Lipinski definition) is 1. The zero-order valence-corrected chi connectivity index (χ0v) is 12.2. The van der Waals surface area contributed by atoms with Gasteiger partial charge in [0, 0.05) is 8.04 Å². The molecule has 4 nitrogen and oxygen atoms in total. The molecule has 0 aliphatic heterocycles.